The monoisotopic (exact) mass is 267 g/mol. The molecule has 1 aromatic rings. The second kappa shape index (κ2) is 4.82. The van der Waals surface area contributed by atoms with Crippen molar-refractivity contribution in [3.05, 3.63) is 34.6 Å². The highest BCUT2D eigenvalue weighted by Crippen LogP contribution is 2.45. The van der Waals surface area contributed by atoms with Crippen LogP contribution in [0.1, 0.15) is 31.2 Å². The molecule has 18 heavy (non-hydrogen) atoms. The van der Waals surface area contributed by atoms with E-state index in [0.29, 0.717) is 10.6 Å². The molecule has 0 spiro atoms. The van der Waals surface area contributed by atoms with Gasteiger partial charge in [-0.2, -0.15) is 0 Å². The quantitative estimate of drug-likeness (QED) is 0.878. The molecule has 2 aliphatic rings. The van der Waals surface area contributed by atoms with Crippen molar-refractivity contribution < 1.29 is 4.39 Å². The third-order valence-electron chi connectivity index (χ3n) is 4.77. The van der Waals surface area contributed by atoms with Gasteiger partial charge >= 0.3 is 0 Å². The Morgan fingerprint density at radius 2 is 2.00 bits per heavy atom. The highest BCUT2D eigenvalue weighted by atomic mass is 35.5. The smallest absolute Gasteiger partial charge is 0.127 e. The predicted molar refractivity (Wildman–Crippen MR) is 72.4 cm³/mol. The van der Waals surface area contributed by atoms with E-state index in [-0.39, 0.29) is 11.2 Å². The van der Waals surface area contributed by atoms with Gasteiger partial charge in [0.2, 0.25) is 0 Å². The molecule has 2 fully saturated rings. The van der Waals surface area contributed by atoms with Crippen LogP contribution in [0.3, 0.4) is 0 Å². The van der Waals surface area contributed by atoms with Crippen LogP contribution in [0.4, 0.5) is 4.39 Å². The maximum atomic E-state index is 13.9. The lowest BCUT2D eigenvalue weighted by molar-refractivity contribution is 0.0801. The Kier molecular flexibility index (Phi) is 3.33. The molecule has 98 valence electrons. The molecule has 1 aliphatic carbocycles. The van der Waals surface area contributed by atoms with Crippen molar-refractivity contribution in [1.29, 1.82) is 0 Å². The van der Waals surface area contributed by atoms with E-state index in [1.807, 2.05) is 0 Å². The average molecular weight is 268 g/mol. The lowest BCUT2D eigenvalue weighted by Gasteiger charge is -2.48. The summed E-state index contributed by atoms with van der Waals surface area (Å²) in [5, 5.41) is 3.96. The number of hydrogen-bond donors (Lipinski definition) is 1. The molecule has 3 heteroatoms. The summed E-state index contributed by atoms with van der Waals surface area (Å²) in [4.78, 5) is 0. The number of nitrogens with one attached hydrogen (secondary N) is 1. The largest absolute Gasteiger partial charge is 0.315 e. The summed E-state index contributed by atoms with van der Waals surface area (Å²) in [7, 11) is 0. The molecular weight excluding hydrogens is 249 g/mol. The highest BCUT2D eigenvalue weighted by Gasteiger charge is 2.45. The maximum absolute atomic E-state index is 13.9. The van der Waals surface area contributed by atoms with Gasteiger partial charge in [0.1, 0.15) is 5.82 Å². The summed E-state index contributed by atoms with van der Waals surface area (Å²) in [6.07, 6.45) is 6.05. The van der Waals surface area contributed by atoms with Crippen molar-refractivity contribution in [2.24, 2.45) is 11.3 Å². The van der Waals surface area contributed by atoms with E-state index >= 15 is 0 Å². The molecule has 1 saturated carbocycles. The summed E-state index contributed by atoms with van der Waals surface area (Å²) >= 11 is 6.16. The van der Waals surface area contributed by atoms with Crippen molar-refractivity contribution in [2.75, 3.05) is 13.1 Å². The Bertz CT molecular complexity index is 416. The molecule has 0 radical (unpaired) electrons. The minimum absolute atomic E-state index is 0.147. The molecule has 1 aromatic carbocycles. The van der Waals surface area contributed by atoms with Gasteiger partial charge in [-0.3, -0.25) is 0 Å². The first-order valence-corrected chi connectivity index (χ1v) is 7.23. The topological polar surface area (TPSA) is 12.0 Å². The summed E-state index contributed by atoms with van der Waals surface area (Å²) in [5.41, 5.74) is 0.968. The highest BCUT2D eigenvalue weighted by molar-refractivity contribution is 6.31. The predicted octanol–water partition coefficient (Wildman–Crippen LogP) is 3.80. The van der Waals surface area contributed by atoms with Gasteiger partial charge in [-0.25, -0.2) is 4.39 Å². The summed E-state index contributed by atoms with van der Waals surface area (Å²) in [6, 6.07) is 5.01. The first-order chi connectivity index (χ1) is 8.71. The molecule has 1 N–H and O–H groups in total. The minimum Gasteiger partial charge on any atom is -0.315 e. The lowest BCUT2D eigenvalue weighted by Crippen LogP contribution is -2.58. The lowest BCUT2D eigenvalue weighted by atomic mass is 9.66. The van der Waals surface area contributed by atoms with E-state index in [1.54, 1.807) is 12.1 Å². The Morgan fingerprint density at radius 1 is 1.28 bits per heavy atom. The zero-order chi connectivity index (χ0) is 12.6. The van der Waals surface area contributed by atoms with E-state index in [4.69, 9.17) is 11.6 Å². The molecule has 1 saturated heterocycles. The first-order valence-electron chi connectivity index (χ1n) is 6.85. The standard InChI is InChI=1S/C15H19ClFN/c16-13-6-3-7-14(17)12(13)8-15(9-18-10-15)11-4-1-2-5-11/h3,6-7,11,18H,1-2,4-5,8-10H2. The normalized spacial score (nSPS) is 23.0. The van der Waals surface area contributed by atoms with E-state index in [0.717, 1.165) is 25.4 Å². The molecule has 0 bridgehead atoms. The molecule has 1 heterocycles. The zero-order valence-corrected chi connectivity index (χ0v) is 11.3. The van der Waals surface area contributed by atoms with Gasteiger partial charge < -0.3 is 5.32 Å². The van der Waals surface area contributed by atoms with Gasteiger partial charge in [0, 0.05) is 29.1 Å². The molecule has 1 aliphatic heterocycles. The van der Waals surface area contributed by atoms with Gasteiger partial charge in [0.05, 0.1) is 0 Å². The molecule has 1 nitrogen and oxygen atoms in total. The van der Waals surface area contributed by atoms with Gasteiger partial charge in [-0.05, 0) is 37.3 Å². The number of hydrogen-bond acceptors (Lipinski definition) is 1. The van der Waals surface area contributed by atoms with Crippen LogP contribution in [0.5, 0.6) is 0 Å². The molecule has 3 rings (SSSR count). The second-order valence-electron chi connectivity index (χ2n) is 5.82. The van der Waals surface area contributed by atoms with Crippen LogP contribution in [0.25, 0.3) is 0 Å². The fourth-order valence-corrected chi connectivity index (χ4v) is 3.83. The Hall–Kier alpha value is -0.600. The van der Waals surface area contributed by atoms with E-state index in [2.05, 4.69) is 5.32 Å². The van der Waals surface area contributed by atoms with Crippen LogP contribution >= 0.6 is 11.6 Å². The van der Waals surface area contributed by atoms with Crippen molar-refractivity contribution in [1.82, 2.24) is 5.32 Å². The Balaban J connectivity index is 1.85. The SMILES string of the molecule is Fc1cccc(Cl)c1CC1(C2CCCC2)CNC1. The third-order valence-corrected chi connectivity index (χ3v) is 5.12. The van der Waals surface area contributed by atoms with Crippen LogP contribution in [-0.2, 0) is 6.42 Å². The summed E-state index contributed by atoms with van der Waals surface area (Å²) < 4.78 is 13.9. The van der Waals surface area contributed by atoms with Crippen molar-refractivity contribution >= 4 is 11.6 Å². The summed E-state index contributed by atoms with van der Waals surface area (Å²) in [6.45, 7) is 2.03. The second-order valence-corrected chi connectivity index (χ2v) is 6.23. The first kappa shape index (κ1) is 12.4. The number of rotatable bonds is 3. The van der Waals surface area contributed by atoms with Crippen LogP contribution in [-0.4, -0.2) is 13.1 Å². The Morgan fingerprint density at radius 3 is 2.56 bits per heavy atom. The van der Waals surface area contributed by atoms with Gasteiger partial charge in [0.15, 0.2) is 0 Å². The van der Waals surface area contributed by atoms with Crippen LogP contribution in [0, 0.1) is 17.2 Å². The van der Waals surface area contributed by atoms with Gasteiger partial charge in [-0.1, -0.05) is 30.5 Å². The third kappa shape index (κ3) is 2.06. The average Bonchev–Trinajstić information content (AvgIpc) is 2.80. The minimum atomic E-state index is -0.147. The van der Waals surface area contributed by atoms with Crippen LogP contribution in [0.2, 0.25) is 5.02 Å². The van der Waals surface area contributed by atoms with Crippen molar-refractivity contribution in [3.63, 3.8) is 0 Å². The number of benzene rings is 1. The Labute approximate surface area is 113 Å². The number of halogens is 2. The zero-order valence-electron chi connectivity index (χ0n) is 10.5. The van der Waals surface area contributed by atoms with Crippen LogP contribution in [0.15, 0.2) is 18.2 Å². The molecule has 0 unspecified atom stereocenters. The van der Waals surface area contributed by atoms with Crippen molar-refractivity contribution in [3.8, 4) is 0 Å². The fraction of sp³-hybridized carbons (Fsp3) is 0.600. The fourth-order valence-electron chi connectivity index (χ4n) is 3.60. The van der Waals surface area contributed by atoms with E-state index < -0.39 is 0 Å². The molecular formula is C15H19ClFN. The van der Waals surface area contributed by atoms with Gasteiger partial charge in [0.25, 0.3) is 0 Å². The molecule has 0 amide bonds. The maximum Gasteiger partial charge on any atom is 0.127 e. The van der Waals surface area contributed by atoms with Crippen LogP contribution < -0.4 is 5.32 Å². The summed E-state index contributed by atoms with van der Waals surface area (Å²) in [5.74, 6) is 0.598. The van der Waals surface area contributed by atoms with Crippen molar-refractivity contribution in [2.45, 2.75) is 32.1 Å². The van der Waals surface area contributed by atoms with E-state index in [9.17, 15) is 4.39 Å². The van der Waals surface area contributed by atoms with E-state index in [1.165, 1.54) is 31.7 Å². The van der Waals surface area contributed by atoms with Gasteiger partial charge in [-0.15, -0.1) is 0 Å². The molecule has 0 aromatic heterocycles. The molecule has 0 atom stereocenters.